The number of nitrogens with one attached hydrogen (secondary N) is 1. The summed E-state index contributed by atoms with van der Waals surface area (Å²) in [5, 5.41) is 0. The van der Waals surface area contributed by atoms with Crippen LogP contribution in [0.25, 0.3) is 6.08 Å². The first-order valence-corrected chi connectivity index (χ1v) is 3.20. The Hall–Kier alpha value is -1.05. The fourth-order valence-electron chi connectivity index (χ4n) is 1.12. The fraction of sp³-hybridized carbons (Fsp3) is 0.286. The van der Waals surface area contributed by atoms with E-state index in [1.54, 1.807) is 0 Å². The van der Waals surface area contributed by atoms with Gasteiger partial charge in [-0.3, -0.25) is 0 Å². The van der Waals surface area contributed by atoms with Crippen molar-refractivity contribution in [2.45, 2.75) is 13.0 Å². The number of hydrogen-bond donors (Lipinski definition) is 1. The number of aromatic nitrogens is 2. The molecule has 0 aliphatic carbocycles. The average Bonchev–Trinajstić information content (AvgIpc) is 2.33. The predicted molar refractivity (Wildman–Crippen MR) is 34.6 cm³/mol. The third kappa shape index (κ3) is 0.669. The lowest BCUT2D eigenvalue weighted by Gasteiger charge is -1.98. The Bertz CT molecular complexity index is 235. The summed E-state index contributed by atoms with van der Waals surface area (Å²) in [6.07, 6.45) is 9.49. The van der Waals surface area contributed by atoms with Crippen molar-refractivity contribution in [3.05, 3.63) is 24.3 Å². The highest BCUT2D eigenvalue weighted by Gasteiger charge is 2.08. The van der Waals surface area contributed by atoms with Gasteiger partial charge >= 0.3 is 0 Å². The van der Waals surface area contributed by atoms with E-state index in [9.17, 15) is 0 Å². The zero-order chi connectivity index (χ0) is 6.10. The molecule has 1 aromatic heterocycles. The van der Waals surface area contributed by atoms with Gasteiger partial charge in [-0.15, -0.1) is 0 Å². The standard InChI is InChI=1S/C7H8N2/c1-2-5-9-6-4-8-7(9)3-1/h1,3-4,6H,2,5H2/p+1. The number of rotatable bonds is 0. The average molecular weight is 121 g/mol. The number of aromatic amines is 1. The van der Waals surface area contributed by atoms with Gasteiger partial charge in [-0.25, -0.2) is 9.55 Å². The van der Waals surface area contributed by atoms with Crippen LogP contribution in [0.5, 0.6) is 0 Å². The van der Waals surface area contributed by atoms with Crippen LogP contribution in [0.15, 0.2) is 18.5 Å². The Morgan fingerprint density at radius 2 is 2.56 bits per heavy atom. The molecule has 2 nitrogen and oxygen atoms in total. The zero-order valence-electron chi connectivity index (χ0n) is 5.17. The highest BCUT2D eigenvalue weighted by Crippen LogP contribution is 1.98. The van der Waals surface area contributed by atoms with E-state index in [1.165, 1.54) is 5.82 Å². The summed E-state index contributed by atoms with van der Waals surface area (Å²) in [5.41, 5.74) is 0. The number of aryl methyl sites for hydroxylation is 1. The van der Waals surface area contributed by atoms with Crippen LogP contribution in [0.4, 0.5) is 0 Å². The van der Waals surface area contributed by atoms with Gasteiger partial charge in [0.25, 0.3) is 5.82 Å². The number of fused-ring (bicyclic) bond motifs is 1. The van der Waals surface area contributed by atoms with Crippen LogP contribution in [0, 0.1) is 0 Å². The maximum absolute atomic E-state index is 3.13. The van der Waals surface area contributed by atoms with Crippen LogP contribution < -0.4 is 4.57 Å². The molecule has 1 aliphatic rings. The number of hydrogen-bond acceptors (Lipinski definition) is 0. The largest absolute Gasteiger partial charge is 0.278 e. The van der Waals surface area contributed by atoms with Crippen molar-refractivity contribution in [3.8, 4) is 0 Å². The van der Waals surface area contributed by atoms with Gasteiger partial charge < -0.3 is 0 Å². The topological polar surface area (TPSA) is 19.7 Å². The molecule has 0 saturated carbocycles. The van der Waals surface area contributed by atoms with Crippen LogP contribution in [0.1, 0.15) is 12.2 Å². The van der Waals surface area contributed by atoms with Crippen molar-refractivity contribution in [2.24, 2.45) is 0 Å². The highest BCUT2D eigenvalue weighted by molar-refractivity contribution is 5.36. The lowest BCUT2D eigenvalue weighted by atomic mass is 10.3. The van der Waals surface area contributed by atoms with E-state index in [0.717, 1.165) is 13.0 Å². The van der Waals surface area contributed by atoms with E-state index < -0.39 is 0 Å². The molecule has 9 heavy (non-hydrogen) atoms. The van der Waals surface area contributed by atoms with E-state index in [-0.39, 0.29) is 0 Å². The second-order valence-corrected chi connectivity index (χ2v) is 2.23. The summed E-state index contributed by atoms with van der Waals surface area (Å²) in [6.45, 7) is 1.12. The molecule has 46 valence electrons. The summed E-state index contributed by atoms with van der Waals surface area (Å²) >= 11 is 0. The van der Waals surface area contributed by atoms with Crippen LogP contribution in [-0.2, 0) is 6.54 Å². The first-order valence-electron chi connectivity index (χ1n) is 3.20. The van der Waals surface area contributed by atoms with E-state index in [0.29, 0.717) is 0 Å². The molecule has 0 atom stereocenters. The van der Waals surface area contributed by atoms with Crippen molar-refractivity contribution in [2.75, 3.05) is 0 Å². The summed E-state index contributed by atoms with van der Waals surface area (Å²) < 4.78 is 2.21. The lowest BCUT2D eigenvalue weighted by molar-refractivity contribution is -0.697. The van der Waals surface area contributed by atoms with Gasteiger partial charge in [0.2, 0.25) is 0 Å². The highest BCUT2D eigenvalue weighted by atomic mass is 15.1. The van der Waals surface area contributed by atoms with Crippen LogP contribution in [-0.4, -0.2) is 4.98 Å². The molecule has 1 aliphatic heterocycles. The monoisotopic (exact) mass is 121 g/mol. The minimum Gasteiger partial charge on any atom is -0.244 e. The van der Waals surface area contributed by atoms with Crippen LogP contribution in [0.3, 0.4) is 0 Å². The second-order valence-electron chi connectivity index (χ2n) is 2.23. The van der Waals surface area contributed by atoms with E-state index in [1.807, 2.05) is 6.20 Å². The van der Waals surface area contributed by atoms with Gasteiger partial charge in [0.1, 0.15) is 12.4 Å². The molecular formula is C7H9N2+. The minimum atomic E-state index is 1.12. The lowest BCUT2D eigenvalue weighted by Crippen LogP contribution is -2.35. The molecule has 0 bridgehead atoms. The van der Waals surface area contributed by atoms with Crippen molar-refractivity contribution >= 4 is 6.08 Å². The minimum absolute atomic E-state index is 1.12. The zero-order valence-corrected chi connectivity index (χ0v) is 5.17. The molecule has 1 N–H and O–H groups in total. The Morgan fingerprint density at radius 3 is 3.44 bits per heavy atom. The first-order chi connectivity index (χ1) is 4.47. The SMILES string of the molecule is C1=Cc2[nH]cc[n+]2CC1. The van der Waals surface area contributed by atoms with Gasteiger partial charge in [0.15, 0.2) is 0 Å². The number of nitrogens with zero attached hydrogens (tertiary/aromatic N) is 1. The first kappa shape index (κ1) is 4.79. The van der Waals surface area contributed by atoms with E-state index >= 15 is 0 Å². The fourth-order valence-corrected chi connectivity index (χ4v) is 1.12. The Morgan fingerprint density at radius 1 is 1.56 bits per heavy atom. The number of allylic oxidation sites excluding steroid dienone is 1. The normalized spacial score (nSPS) is 15.6. The van der Waals surface area contributed by atoms with Crippen molar-refractivity contribution in [1.82, 2.24) is 4.98 Å². The van der Waals surface area contributed by atoms with Gasteiger partial charge in [-0.2, -0.15) is 0 Å². The predicted octanol–water partition coefficient (Wildman–Crippen LogP) is 0.719. The molecule has 1 aromatic rings. The van der Waals surface area contributed by atoms with E-state index in [2.05, 4.69) is 27.9 Å². The van der Waals surface area contributed by atoms with Crippen molar-refractivity contribution in [3.63, 3.8) is 0 Å². The number of H-pyrrole nitrogens is 1. The molecule has 2 heteroatoms. The maximum Gasteiger partial charge on any atom is 0.278 e. The summed E-state index contributed by atoms with van der Waals surface area (Å²) in [5.74, 6) is 1.21. The summed E-state index contributed by atoms with van der Waals surface area (Å²) in [4.78, 5) is 3.13. The quantitative estimate of drug-likeness (QED) is 0.488. The molecule has 0 saturated heterocycles. The Labute approximate surface area is 53.8 Å². The van der Waals surface area contributed by atoms with Gasteiger partial charge in [-0.05, 0) is 0 Å². The third-order valence-electron chi connectivity index (χ3n) is 1.61. The molecule has 0 radical (unpaired) electrons. The molecule has 0 unspecified atom stereocenters. The van der Waals surface area contributed by atoms with Gasteiger partial charge in [0, 0.05) is 12.5 Å². The summed E-state index contributed by atoms with van der Waals surface area (Å²) in [6, 6.07) is 0. The molecular weight excluding hydrogens is 112 g/mol. The molecule has 0 fully saturated rings. The van der Waals surface area contributed by atoms with Crippen LogP contribution >= 0.6 is 0 Å². The molecule has 0 amide bonds. The van der Waals surface area contributed by atoms with Crippen molar-refractivity contribution in [1.29, 1.82) is 0 Å². The maximum atomic E-state index is 3.13. The number of imidazole rings is 1. The van der Waals surface area contributed by atoms with E-state index in [4.69, 9.17) is 0 Å². The molecule has 0 aromatic carbocycles. The molecule has 2 rings (SSSR count). The van der Waals surface area contributed by atoms with Crippen LogP contribution in [0.2, 0.25) is 0 Å². The molecule has 2 heterocycles. The Balaban J connectivity index is 2.53. The van der Waals surface area contributed by atoms with Gasteiger partial charge in [0.05, 0.1) is 6.54 Å². The smallest absolute Gasteiger partial charge is 0.244 e. The van der Waals surface area contributed by atoms with Crippen molar-refractivity contribution < 1.29 is 4.57 Å². The Kier molecular flexibility index (Phi) is 0.918. The summed E-state index contributed by atoms with van der Waals surface area (Å²) in [7, 11) is 0. The third-order valence-corrected chi connectivity index (χ3v) is 1.61. The van der Waals surface area contributed by atoms with Gasteiger partial charge in [-0.1, -0.05) is 6.08 Å². The second kappa shape index (κ2) is 1.72. The molecule has 0 spiro atoms.